The number of hydrogen-bond acceptors (Lipinski definition) is 3. The number of hydrogen-bond donors (Lipinski definition) is 2. The maximum Gasteiger partial charge on any atom is 0.132 e. The summed E-state index contributed by atoms with van der Waals surface area (Å²) < 4.78 is 13.8. The van der Waals surface area contributed by atoms with Gasteiger partial charge in [0.2, 0.25) is 0 Å². The third-order valence-electron chi connectivity index (χ3n) is 4.91. The van der Waals surface area contributed by atoms with Crippen molar-refractivity contribution in [2.75, 3.05) is 6.54 Å². The molecule has 0 amide bonds. The van der Waals surface area contributed by atoms with E-state index >= 15 is 0 Å². The van der Waals surface area contributed by atoms with Crippen LogP contribution in [0.1, 0.15) is 44.1 Å². The van der Waals surface area contributed by atoms with Gasteiger partial charge in [-0.25, -0.2) is 4.39 Å². The van der Waals surface area contributed by atoms with Crippen LogP contribution in [-0.2, 0) is 6.54 Å². The summed E-state index contributed by atoms with van der Waals surface area (Å²) in [6, 6.07) is 6.85. The van der Waals surface area contributed by atoms with E-state index in [2.05, 4.69) is 10.3 Å². The number of aromatic nitrogens is 1. The van der Waals surface area contributed by atoms with Crippen molar-refractivity contribution < 1.29 is 9.50 Å². The van der Waals surface area contributed by atoms with Gasteiger partial charge in [-0.1, -0.05) is 18.9 Å². The largest absolute Gasteiger partial charge is 0.393 e. The zero-order chi connectivity index (χ0) is 16.1. The topological polar surface area (TPSA) is 45.1 Å². The van der Waals surface area contributed by atoms with Crippen LogP contribution in [0.4, 0.5) is 4.39 Å². The minimum Gasteiger partial charge on any atom is -0.393 e. The Balaban J connectivity index is 1.49. The highest BCUT2D eigenvalue weighted by Gasteiger charge is 2.22. The minimum absolute atomic E-state index is 0.103. The van der Waals surface area contributed by atoms with Crippen molar-refractivity contribution in [3.63, 3.8) is 0 Å². The Morgan fingerprint density at radius 1 is 1.22 bits per heavy atom. The number of halogens is 1. The van der Waals surface area contributed by atoms with Crippen LogP contribution in [0, 0.1) is 11.7 Å². The first kappa shape index (κ1) is 16.3. The molecule has 1 heterocycles. The van der Waals surface area contributed by atoms with E-state index in [0.717, 1.165) is 43.3 Å². The van der Waals surface area contributed by atoms with Crippen molar-refractivity contribution in [3.8, 4) is 0 Å². The quantitative estimate of drug-likeness (QED) is 0.797. The van der Waals surface area contributed by atoms with Crippen molar-refractivity contribution in [3.05, 3.63) is 41.8 Å². The van der Waals surface area contributed by atoms with E-state index in [-0.39, 0.29) is 11.9 Å². The van der Waals surface area contributed by atoms with E-state index in [4.69, 9.17) is 0 Å². The Hall–Kier alpha value is -1.52. The normalized spacial score (nSPS) is 21.7. The first-order chi connectivity index (χ1) is 11.3. The molecule has 23 heavy (non-hydrogen) atoms. The van der Waals surface area contributed by atoms with Gasteiger partial charge in [0.15, 0.2) is 0 Å². The Labute approximate surface area is 136 Å². The molecule has 0 radical (unpaired) electrons. The molecule has 1 aliphatic carbocycles. The minimum atomic E-state index is -0.219. The van der Waals surface area contributed by atoms with Crippen LogP contribution in [0.25, 0.3) is 10.9 Å². The van der Waals surface area contributed by atoms with Gasteiger partial charge in [0.05, 0.1) is 11.6 Å². The van der Waals surface area contributed by atoms with Gasteiger partial charge in [0.1, 0.15) is 5.82 Å². The standard InChI is InChI=1S/C19H25FN2O/c20-17-10-9-15(19-16(17)7-4-12-22-19)13-21-11-3-6-14-5-1-2-8-18(14)23/h4,7,9-10,12,14,18,21,23H,1-3,5-6,8,11,13H2. The maximum atomic E-state index is 13.8. The third kappa shape index (κ3) is 4.06. The average Bonchev–Trinajstić information content (AvgIpc) is 2.58. The average molecular weight is 316 g/mol. The van der Waals surface area contributed by atoms with Gasteiger partial charge in [-0.05, 0) is 61.9 Å². The molecule has 3 nitrogen and oxygen atoms in total. The molecule has 4 heteroatoms. The summed E-state index contributed by atoms with van der Waals surface area (Å²) >= 11 is 0. The SMILES string of the molecule is OC1CCCCC1CCCNCc1ccc(F)c2cccnc12. The fraction of sp³-hybridized carbons (Fsp3) is 0.526. The molecular weight excluding hydrogens is 291 g/mol. The summed E-state index contributed by atoms with van der Waals surface area (Å²) in [5.74, 6) is 0.252. The van der Waals surface area contributed by atoms with Gasteiger partial charge in [0, 0.05) is 18.1 Å². The number of fused-ring (bicyclic) bond motifs is 1. The van der Waals surface area contributed by atoms with Crippen LogP contribution in [0.3, 0.4) is 0 Å². The summed E-state index contributed by atoms with van der Waals surface area (Å²) in [5, 5.41) is 14.0. The lowest BCUT2D eigenvalue weighted by molar-refractivity contribution is 0.0643. The summed E-state index contributed by atoms with van der Waals surface area (Å²) in [7, 11) is 0. The first-order valence-electron chi connectivity index (χ1n) is 8.66. The van der Waals surface area contributed by atoms with Crippen molar-refractivity contribution in [2.45, 2.75) is 51.2 Å². The molecule has 1 fully saturated rings. The number of aliphatic hydroxyl groups excluding tert-OH is 1. The molecule has 0 aliphatic heterocycles. The Kier molecular flexibility index (Phi) is 5.57. The smallest absolute Gasteiger partial charge is 0.132 e. The van der Waals surface area contributed by atoms with E-state index in [0.29, 0.717) is 17.8 Å². The highest BCUT2D eigenvalue weighted by atomic mass is 19.1. The fourth-order valence-corrected chi connectivity index (χ4v) is 3.58. The number of pyridine rings is 1. The second kappa shape index (κ2) is 7.84. The Morgan fingerprint density at radius 2 is 2.09 bits per heavy atom. The monoisotopic (exact) mass is 316 g/mol. The van der Waals surface area contributed by atoms with Crippen LogP contribution in [-0.4, -0.2) is 22.7 Å². The number of nitrogens with one attached hydrogen (secondary N) is 1. The van der Waals surface area contributed by atoms with Crippen LogP contribution in [0.15, 0.2) is 30.5 Å². The van der Waals surface area contributed by atoms with E-state index in [1.807, 2.05) is 6.07 Å². The highest BCUT2D eigenvalue weighted by Crippen LogP contribution is 2.27. The van der Waals surface area contributed by atoms with Gasteiger partial charge in [-0.3, -0.25) is 4.98 Å². The zero-order valence-electron chi connectivity index (χ0n) is 13.5. The number of benzene rings is 1. The van der Waals surface area contributed by atoms with Gasteiger partial charge >= 0.3 is 0 Å². The molecule has 124 valence electrons. The predicted octanol–water partition coefficient (Wildman–Crippen LogP) is 3.79. The summed E-state index contributed by atoms with van der Waals surface area (Å²) in [5.41, 5.74) is 1.77. The van der Waals surface area contributed by atoms with Gasteiger partial charge in [-0.15, -0.1) is 0 Å². The zero-order valence-corrected chi connectivity index (χ0v) is 13.5. The molecule has 1 aromatic heterocycles. The van der Waals surface area contributed by atoms with Crippen LogP contribution in [0.2, 0.25) is 0 Å². The van der Waals surface area contributed by atoms with Crippen molar-refractivity contribution >= 4 is 10.9 Å². The van der Waals surface area contributed by atoms with Gasteiger partial charge in [-0.2, -0.15) is 0 Å². The molecule has 0 spiro atoms. The predicted molar refractivity (Wildman–Crippen MR) is 90.6 cm³/mol. The lowest BCUT2D eigenvalue weighted by Crippen LogP contribution is -2.25. The van der Waals surface area contributed by atoms with Gasteiger partial charge < -0.3 is 10.4 Å². The molecule has 1 aliphatic rings. The number of nitrogens with zero attached hydrogens (tertiary/aromatic N) is 1. The molecule has 1 saturated carbocycles. The van der Waals surface area contributed by atoms with Crippen LogP contribution < -0.4 is 5.32 Å². The molecule has 3 rings (SSSR count). The molecule has 2 aromatic rings. The maximum absolute atomic E-state index is 13.8. The second-order valence-electron chi connectivity index (χ2n) is 6.54. The summed E-state index contributed by atoms with van der Waals surface area (Å²) in [4.78, 5) is 4.31. The lowest BCUT2D eigenvalue weighted by Gasteiger charge is -2.27. The lowest BCUT2D eigenvalue weighted by atomic mass is 9.83. The van der Waals surface area contributed by atoms with E-state index < -0.39 is 0 Å². The van der Waals surface area contributed by atoms with Crippen molar-refractivity contribution in [2.24, 2.45) is 5.92 Å². The summed E-state index contributed by atoms with van der Waals surface area (Å²) in [6.45, 7) is 1.61. The Bertz CT molecular complexity index is 646. The van der Waals surface area contributed by atoms with Crippen LogP contribution in [0.5, 0.6) is 0 Å². The number of rotatable bonds is 6. The van der Waals surface area contributed by atoms with Crippen LogP contribution >= 0.6 is 0 Å². The molecule has 2 atom stereocenters. The van der Waals surface area contributed by atoms with Gasteiger partial charge in [0.25, 0.3) is 0 Å². The molecule has 2 unspecified atom stereocenters. The first-order valence-corrected chi connectivity index (χ1v) is 8.66. The molecule has 1 aromatic carbocycles. The third-order valence-corrected chi connectivity index (χ3v) is 4.91. The second-order valence-corrected chi connectivity index (χ2v) is 6.54. The highest BCUT2D eigenvalue weighted by molar-refractivity contribution is 5.82. The molecule has 0 saturated heterocycles. The fourth-order valence-electron chi connectivity index (χ4n) is 3.58. The molecule has 2 N–H and O–H groups in total. The van der Waals surface area contributed by atoms with Crippen molar-refractivity contribution in [1.29, 1.82) is 0 Å². The Morgan fingerprint density at radius 3 is 2.96 bits per heavy atom. The van der Waals surface area contributed by atoms with E-state index in [9.17, 15) is 9.50 Å². The summed E-state index contributed by atoms with van der Waals surface area (Å²) in [6.07, 6.45) is 8.29. The van der Waals surface area contributed by atoms with E-state index in [1.54, 1.807) is 18.3 Å². The van der Waals surface area contributed by atoms with Crippen molar-refractivity contribution in [1.82, 2.24) is 10.3 Å². The molecule has 0 bridgehead atoms. The number of aliphatic hydroxyl groups is 1. The molecular formula is C19H25FN2O. The van der Waals surface area contributed by atoms with E-state index in [1.165, 1.54) is 18.9 Å².